The molecule has 8 atom stereocenters. The zero-order valence-electron chi connectivity index (χ0n) is 21.9. The third-order valence-electron chi connectivity index (χ3n) is 12.0. The van der Waals surface area contributed by atoms with Crippen molar-refractivity contribution in [1.82, 2.24) is 10.2 Å². The molecular weight excluding hydrogens is 436 g/mol. The number of hydrogen-bond donors (Lipinski definition) is 2. The molecule has 1 aromatic heterocycles. The molecule has 0 amide bonds. The van der Waals surface area contributed by atoms with Gasteiger partial charge in [-0.15, -0.1) is 0 Å². The van der Waals surface area contributed by atoms with E-state index in [2.05, 4.69) is 24.1 Å². The highest BCUT2D eigenvalue weighted by Gasteiger charge is 2.67. The van der Waals surface area contributed by atoms with Crippen LogP contribution in [0.3, 0.4) is 0 Å². The van der Waals surface area contributed by atoms with Crippen molar-refractivity contribution >= 4 is 0 Å². The molecule has 2 N–H and O–H groups in total. The molecule has 4 saturated carbocycles. The number of hydrogen-bond acceptors (Lipinski definition) is 5. The molecule has 1 aliphatic heterocycles. The largest absolute Gasteiger partial charge is 0.431 e. The molecule has 0 radical (unpaired) electrons. The summed E-state index contributed by atoms with van der Waals surface area (Å²) in [6.45, 7) is 9.84. The summed E-state index contributed by atoms with van der Waals surface area (Å²) in [6.07, 6.45) is 15.0. The molecule has 6 rings (SSSR count). The van der Waals surface area contributed by atoms with Gasteiger partial charge in [0, 0.05) is 30.6 Å². The van der Waals surface area contributed by atoms with Crippen LogP contribution in [0.2, 0.25) is 0 Å². The van der Waals surface area contributed by atoms with Crippen molar-refractivity contribution in [2.75, 3.05) is 26.2 Å². The third-order valence-corrected chi connectivity index (χ3v) is 12.0. The molecule has 0 spiro atoms. The van der Waals surface area contributed by atoms with Gasteiger partial charge >= 0.3 is 5.63 Å². The van der Waals surface area contributed by atoms with Crippen molar-refractivity contribution in [1.29, 1.82) is 0 Å². The van der Waals surface area contributed by atoms with Crippen molar-refractivity contribution in [3.8, 4) is 0 Å². The van der Waals surface area contributed by atoms with Crippen LogP contribution in [0.5, 0.6) is 0 Å². The van der Waals surface area contributed by atoms with Crippen LogP contribution in [0.1, 0.15) is 96.0 Å². The molecule has 35 heavy (non-hydrogen) atoms. The molecular formula is C30H46N2O3. The Morgan fingerprint density at radius 1 is 1.03 bits per heavy atom. The molecule has 194 valence electrons. The number of fused-ring (bicyclic) bond motifs is 5. The van der Waals surface area contributed by atoms with E-state index in [-0.39, 0.29) is 17.0 Å². The van der Waals surface area contributed by atoms with E-state index in [1.165, 1.54) is 71.0 Å². The van der Waals surface area contributed by atoms with Crippen LogP contribution in [-0.2, 0) is 0 Å². The first kappa shape index (κ1) is 24.2. The third kappa shape index (κ3) is 3.87. The minimum Gasteiger partial charge on any atom is -0.431 e. The lowest BCUT2D eigenvalue weighted by atomic mass is 9.43. The summed E-state index contributed by atoms with van der Waals surface area (Å²) in [5.41, 5.74) is 0.441. The van der Waals surface area contributed by atoms with Crippen molar-refractivity contribution in [3.63, 3.8) is 0 Å². The van der Waals surface area contributed by atoms with Crippen molar-refractivity contribution in [2.45, 2.75) is 102 Å². The van der Waals surface area contributed by atoms with Crippen molar-refractivity contribution < 1.29 is 9.52 Å². The van der Waals surface area contributed by atoms with E-state index in [9.17, 15) is 9.90 Å². The number of aliphatic hydroxyl groups is 1. The van der Waals surface area contributed by atoms with Gasteiger partial charge in [-0.05, 0) is 124 Å². The maximum Gasteiger partial charge on any atom is 0.335 e. The summed E-state index contributed by atoms with van der Waals surface area (Å²) >= 11 is 0. The predicted octanol–water partition coefficient (Wildman–Crippen LogP) is 4.94. The summed E-state index contributed by atoms with van der Waals surface area (Å²) in [4.78, 5) is 14.2. The van der Waals surface area contributed by atoms with Gasteiger partial charge in [-0.2, -0.15) is 0 Å². The lowest BCUT2D eigenvalue weighted by Gasteiger charge is -2.64. The minimum atomic E-state index is -0.602. The van der Waals surface area contributed by atoms with Crippen molar-refractivity contribution in [2.24, 2.45) is 28.6 Å². The van der Waals surface area contributed by atoms with E-state index in [0.717, 1.165) is 37.3 Å². The summed E-state index contributed by atoms with van der Waals surface area (Å²) in [5.74, 6) is 2.11. The predicted molar refractivity (Wildman–Crippen MR) is 138 cm³/mol. The Bertz CT molecular complexity index is 952. The van der Waals surface area contributed by atoms with Gasteiger partial charge in [0.1, 0.15) is 0 Å². The highest BCUT2D eigenvalue weighted by atomic mass is 16.4. The molecule has 0 bridgehead atoms. The quantitative estimate of drug-likeness (QED) is 0.623. The molecule has 8 unspecified atom stereocenters. The molecule has 4 aliphatic carbocycles. The van der Waals surface area contributed by atoms with Gasteiger partial charge < -0.3 is 19.7 Å². The standard InChI is InChI=1S/C30H46N2O3/c1-28-12-9-23(31-15-18-32-16-3-4-17-32)19-22(28)6-7-26-25(28)10-13-29(2)24(11-14-30(26,29)34)21-5-8-27(33)35-20-21/h5,8,20,22-26,31,34H,3-4,6-7,9-19H2,1-2H3. The number of nitrogens with one attached hydrogen (secondary N) is 1. The van der Waals surface area contributed by atoms with E-state index in [0.29, 0.717) is 23.3 Å². The van der Waals surface area contributed by atoms with Crippen LogP contribution in [0, 0.1) is 28.6 Å². The second-order valence-corrected chi connectivity index (χ2v) is 13.3. The van der Waals surface area contributed by atoms with Gasteiger partial charge in [0.05, 0.1) is 11.9 Å². The molecule has 5 aliphatic rings. The van der Waals surface area contributed by atoms with Crippen LogP contribution < -0.4 is 10.9 Å². The monoisotopic (exact) mass is 482 g/mol. The maximum absolute atomic E-state index is 12.4. The lowest BCUT2D eigenvalue weighted by Crippen LogP contribution is -2.62. The van der Waals surface area contributed by atoms with Crippen LogP contribution in [0.15, 0.2) is 27.6 Å². The molecule has 5 nitrogen and oxygen atoms in total. The number of nitrogens with zero attached hydrogens (tertiary/aromatic N) is 1. The van der Waals surface area contributed by atoms with Gasteiger partial charge in [-0.25, -0.2) is 4.79 Å². The lowest BCUT2D eigenvalue weighted by molar-refractivity contribution is -0.202. The van der Waals surface area contributed by atoms with E-state index >= 15 is 0 Å². The Morgan fingerprint density at radius 3 is 2.63 bits per heavy atom. The van der Waals surface area contributed by atoms with Crippen LogP contribution in [-0.4, -0.2) is 47.8 Å². The van der Waals surface area contributed by atoms with Crippen LogP contribution in [0.25, 0.3) is 0 Å². The Morgan fingerprint density at radius 2 is 1.86 bits per heavy atom. The first-order valence-electron chi connectivity index (χ1n) is 14.6. The van der Waals surface area contributed by atoms with Crippen LogP contribution in [0.4, 0.5) is 0 Å². The van der Waals surface area contributed by atoms with Crippen molar-refractivity contribution in [3.05, 3.63) is 34.4 Å². The van der Waals surface area contributed by atoms with E-state index in [1.54, 1.807) is 12.3 Å². The molecule has 1 aromatic rings. The smallest absolute Gasteiger partial charge is 0.335 e. The fraction of sp³-hybridized carbons (Fsp3) is 0.833. The first-order chi connectivity index (χ1) is 16.8. The Hall–Kier alpha value is -1.17. The fourth-order valence-electron chi connectivity index (χ4n) is 9.95. The highest BCUT2D eigenvalue weighted by Crippen LogP contribution is 2.70. The normalized spacial score (nSPS) is 45.6. The fourth-order valence-corrected chi connectivity index (χ4v) is 9.95. The average molecular weight is 483 g/mol. The van der Waals surface area contributed by atoms with Gasteiger partial charge in [0.25, 0.3) is 0 Å². The maximum atomic E-state index is 12.4. The SMILES string of the molecule is CC12CCC(NCCN3CCCC3)CC1CCC1C2CCC2(C)C(c3ccc(=O)oc3)CCC12O. The van der Waals surface area contributed by atoms with Crippen LogP contribution >= 0.6 is 0 Å². The second-order valence-electron chi connectivity index (χ2n) is 13.3. The Kier molecular flexibility index (Phi) is 6.21. The second kappa shape index (κ2) is 8.99. The minimum absolute atomic E-state index is 0.133. The summed E-state index contributed by atoms with van der Waals surface area (Å²) in [5, 5.41) is 16.3. The summed E-state index contributed by atoms with van der Waals surface area (Å²) in [6, 6.07) is 4.16. The number of likely N-dealkylation sites (tertiary alicyclic amines) is 1. The molecule has 0 aromatic carbocycles. The summed E-state index contributed by atoms with van der Waals surface area (Å²) in [7, 11) is 0. The van der Waals surface area contributed by atoms with Gasteiger partial charge in [0.2, 0.25) is 0 Å². The van der Waals surface area contributed by atoms with E-state index in [4.69, 9.17) is 4.42 Å². The molecule has 2 heterocycles. The topological polar surface area (TPSA) is 65.7 Å². The van der Waals surface area contributed by atoms with Gasteiger partial charge in [-0.1, -0.05) is 13.8 Å². The van der Waals surface area contributed by atoms with Gasteiger partial charge in [0.15, 0.2) is 0 Å². The zero-order chi connectivity index (χ0) is 24.3. The number of rotatable bonds is 5. The molecule has 5 heteroatoms. The van der Waals surface area contributed by atoms with E-state index in [1.807, 2.05) is 6.07 Å². The van der Waals surface area contributed by atoms with Gasteiger partial charge in [-0.3, -0.25) is 0 Å². The first-order valence-corrected chi connectivity index (χ1v) is 14.6. The Labute approximate surface area is 211 Å². The zero-order valence-corrected chi connectivity index (χ0v) is 21.9. The summed E-state index contributed by atoms with van der Waals surface area (Å²) < 4.78 is 5.24. The molecule has 5 fully saturated rings. The highest BCUT2D eigenvalue weighted by molar-refractivity contribution is 5.27. The average Bonchev–Trinajstić information content (AvgIpc) is 3.46. The Balaban J connectivity index is 1.14. The van der Waals surface area contributed by atoms with E-state index < -0.39 is 5.60 Å². The molecule has 1 saturated heterocycles.